The second-order valence-corrected chi connectivity index (χ2v) is 2.67. The van der Waals surface area contributed by atoms with E-state index in [0.717, 1.165) is 6.07 Å². The third-order valence-electron chi connectivity index (χ3n) is 1.85. The lowest BCUT2D eigenvalue weighted by atomic mass is 10.1. The van der Waals surface area contributed by atoms with Crippen molar-refractivity contribution in [1.82, 2.24) is 0 Å². The van der Waals surface area contributed by atoms with Crippen LogP contribution >= 0.6 is 0 Å². The highest BCUT2D eigenvalue weighted by Crippen LogP contribution is 2.31. The molecule has 15 heavy (non-hydrogen) atoms. The highest BCUT2D eigenvalue weighted by Gasteiger charge is 2.23. The average molecular weight is 210 g/mol. The van der Waals surface area contributed by atoms with Crippen LogP contribution in [-0.4, -0.2) is 12.0 Å². The third-order valence-corrected chi connectivity index (χ3v) is 1.85. The number of ether oxygens (including phenoxy) is 1. The van der Waals surface area contributed by atoms with Gasteiger partial charge in [0.05, 0.1) is 30.1 Å². The van der Waals surface area contributed by atoms with E-state index in [2.05, 4.69) is 0 Å². The molecule has 1 aromatic carbocycles. The Bertz CT molecular complexity index is 440. The van der Waals surface area contributed by atoms with Crippen LogP contribution in [0.1, 0.15) is 5.56 Å². The first-order chi connectivity index (χ1) is 7.11. The van der Waals surface area contributed by atoms with Gasteiger partial charge in [-0.1, -0.05) is 0 Å². The van der Waals surface area contributed by atoms with Crippen molar-refractivity contribution in [1.29, 1.82) is 5.26 Å². The van der Waals surface area contributed by atoms with Crippen molar-refractivity contribution in [2.24, 2.45) is 0 Å². The topological polar surface area (TPSA) is 76.2 Å². The molecule has 1 aromatic rings. The van der Waals surface area contributed by atoms with Crippen molar-refractivity contribution in [2.45, 2.75) is 6.42 Å². The number of nitro benzene ring substituents is 1. The maximum Gasteiger partial charge on any atom is 0.312 e. The van der Waals surface area contributed by atoms with Gasteiger partial charge in [0.2, 0.25) is 5.82 Å². The molecule has 1 rings (SSSR count). The molecule has 0 aliphatic heterocycles. The molecule has 0 saturated carbocycles. The van der Waals surface area contributed by atoms with Crippen molar-refractivity contribution in [3.8, 4) is 11.8 Å². The van der Waals surface area contributed by atoms with Crippen LogP contribution < -0.4 is 4.74 Å². The molecule has 78 valence electrons. The van der Waals surface area contributed by atoms with Gasteiger partial charge in [-0.05, 0) is 12.1 Å². The van der Waals surface area contributed by atoms with Gasteiger partial charge in [-0.2, -0.15) is 9.65 Å². The molecule has 0 unspecified atom stereocenters. The van der Waals surface area contributed by atoms with Crippen molar-refractivity contribution in [3.63, 3.8) is 0 Å². The molecule has 5 nitrogen and oxygen atoms in total. The largest absolute Gasteiger partial charge is 0.496 e. The van der Waals surface area contributed by atoms with Gasteiger partial charge < -0.3 is 4.74 Å². The quantitative estimate of drug-likeness (QED) is 0.563. The van der Waals surface area contributed by atoms with Gasteiger partial charge in [0.15, 0.2) is 0 Å². The molecule has 0 fully saturated rings. The summed E-state index contributed by atoms with van der Waals surface area (Å²) in [5.74, 6) is -0.823. The van der Waals surface area contributed by atoms with E-state index in [1.165, 1.54) is 13.2 Å². The number of methoxy groups -OCH3 is 1. The van der Waals surface area contributed by atoms with Crippen LogP contribution in [0, 0.1) is 27.3 Å². The van der Waals surface area contributed by atoms with Gasteiger partial charge in [-0.15, -0.1) is 0 Å². The van der Waals surface area contributed by atoms with Crippen LogP contribution in [0.25, 0.3) is 0 Å². The normalized spacial score (nSPS) is 9.40. The van der Waals surface area contributed by atoms with Gasteiger partial charge in [0, 0.05) is 0 Å². The van der Waals surface area contributed by atoms with Crippen molar-refractivity contribution < 1.29 is 14.1 Å². The first kappa shape index (κ1) is 10.9. The summed E-state index contributed by atoms with van der Waals surface area (Å²) in [5, 5.41) is 19.1. The monoisotopic (exact) mass is 210 g/mol. The van der Waals surface area contributed by atoms with E-state index >= 15 is 0 Å². The van der Waals surface area contributed by atoms with E-state index in [-0.39, 0.29) is 17.7 Å². The molecule has 0 aromatic heterocycles. The Hall–Kier alpha value is -2.16. The van der Waals surface area contributed by atoms with Crippen LogP contribution in [0.5, 0.6) is 5.75 Å². The second-order valence-electron chi connectivity index (χ2n) is 2.67. The fraction of sp³-hybridized carbons (Fsp3) is 0.222. The fourth-order valence-corrected chi connectivity index (χ4v) is 1.23. The summed E-state index contributed by atoms with van der Waals surface area (Å²) in [7, 11) is 1.30. The summed E-state index contributed by atoms with van der Waals surface area (Å²) in [6, 6.07) is 3.93. The standard InChI is InChI=1S/C9H7FN2O3/c1-15-8-3-2-7(10)9(12(13)14)6(8)4-5-11/h2-3H,4H2,1H3. The van der Waals surface area contributed by atoms with Gasteiger partial charge in [0.25, 0.3) is 0 Å². The number of nitrogens with zero attached hydrogens (tertiary/aromatic N) is 2. The van der Waals surface area contributed by atoms with Gasteiger partial charge in [-0.3, -0.25) is 10.1 Å². The minimum Gasteiger partial charge on any atom is -0.496 e. The summed E-state index contributed by atoms with van der Waals surface area (Å²) in [6.45, 7) is 0. The Labute approximate surface area is 84.9 Å². The molecular formula is C9H7FN2O3. The summed E-state index contributed by atoms with van der Waals surface area (Å²) in [4.78, 5) is 9.73. The van der Waals surface area contributed by atoms with E-state index < -0.39 is 16.4 Å². The lowest BCUT2D eigenvalue weighted by Gasteiger charge is -2.06. The van der Waals surface area contributed by atoms with E-state index in [1.807, 2.05) is 0 Å². The predicted octanol–water partition coefficient (Wildman–Crippen LogP) is 1.81. The van der Waals surface area contributed by atoms with Crippen LogP contribution in [0.3, 0.4) is 0 Å². The molecule has 0 N–H and O–H groups in total. The zero-order valence-electron chi connectivity index (χ0n) is 7.86. The fourth-order valence-electron chi connectivity index (χ4n) is 1.23. The van der Waals surface area contributed by atoms with E-state index in [9.17, 15) is 14.5 Å². The molecule has 0 aliphatic rings. The third kappa shape index (κ3) is 2.02. The Balaban J connectivity index is 3.45. The molecule has 0 saturated heterocycles. The molecular weight excluding hydrogens is 203 g/mol. The molecule has 0 amide bonds. The van der Waals surface area contributed by atoms with Crippen molar-refractivity contribution in [2.75, 3.05) is 7.11 Å². The summed E-state index contributed by atoms with van der Waals surface area (Å²) in [6.07, 6.45) is -0.267. The Morgan fingerprint density at radius 2 is 2.33 bits per heavy atom. The lowest BCUT2D eigenvalue weighted by Crippen LogP contribution is -2.01. The maximum absolute atomic E-state index is 13.1. The summed E-state index contributed by atoms with van der Waals surface area (Å²) < 4.78 is 18.0. The minimum atomic E-state index is -0.967. The summed E-state index contributed by atoms with van der Waals surface area (Å²) in [5.41, 5.74) is -0.735. The van der Waals surface area contributed by atoms with Crippen LogP contribution in [0.15, 0.2) is 12.1 Å². The first-order valence-electron chi connectivity index (χ1n) is 3.98. The molecule has 0 spiro atoms. The summed E-state index contributed by atoms with van der Waals surface area (Å²) >= 11 is 0. The van der Waals surface area contributed by atoms with Crippen LogP contribution in [0.4, 0.5) is 10.1 Å². The number of nitriles is 1. The Kier molecular flexibility index (Phi) is 3.18. The number of hydrogen-bond donors (Lipinski definition) is 0. The van der Waals surface area contributed by atoms with Crippen LogP contribution in [0.2, 0.25) is 0 Å². The van der Waals surface area contributed by atoms with Crippen molar-refractivity contribution in [3.05, 3.63) is 33.6 Å². The van der Waals surface area contributed by atoms with E-state index in [0.29, 0.717) is 0 Å². The predicted molar refractivity (Wildman–Crippen MR) is 48.9 cm³/mol. The molecule has 0 aliphatic carbocycles. The second kappa shape index (κ2) is 4.37. The number of hydrogen-bond acceptors (Lipinski definition) is 4. The zero-order chi connectivity index (χ0) is 11.4. The first-order valence-corrected chi connectivity index (χ1v) is 3.98. The van der Waals surface area contributed by atoms with Gasteiger partial charge in [0.1, 0.15) is 5.75 Å². The number of rotatable bonds is 3. The number of halogens is 1. The van der Waals surface area contributed by atoms with E-state index in [1.54, 1.807) is 6.07 Å². The number of nitro groups is 1. The lowest BCUT2D eigenvalue weighted by molar-refractivity contribution is -0.388. The SMILES string of the molecule is COc1ccc(F)c([N+](=O)[O-])c1CC#N. The zero-order valence-corrected chi connectivity index (χ0v) is 7.86. The Morgan fingerprint density at radius 3 is 2.80 bits per heavy atom. The highest BCUT2D eigenvalue weighted by atomic mass is 19.1. The highest BCUT2D eigenvalue weighted by molar-refractivity contribution is 5.51. The number of benzene rings is 1. The maximum atomic E-state index is 13.1. The van der Waals surface area contributed by atoms with Crippen LogP contribution in [-0.2, 0) is 6.42 Å². The molecule has 0 atom stereocenters. The minimum absolute atomic E-state index is 0.0370. The van der Waals surface area contributed by atoms with E-state index in [4.69, 9.17) is 10.00 Å². The van der Waals surface area contributed by atoms with Gasteiger partial charge in [-0.25, -0.2) is 0 Å². The molecule has 0 radical (unpaired) electrons. The smallest absolute Gasteiger partial charge is 0.312 e. The van der Waals surface area contributed by atoms with Gasteiger partial charge >= 0.3 is 5.69 Å². The average Bonchev–Trinajstić information content (AvgIpc) is 2.18. The Morgan fingerprint density at radius 1 is 1.67 bits per heavy atom. The molecule has 0 heterocycles. The van der Waals surface area contributed by atoms with Crippen molar-refractivity contribution >= 4 is 5.69 Å². The molecule has 6 heteroatoms. The molecule has 0 bridgehead atoms.